The maximum Gasteiger partial charge on any atom is 0.243 e. The molecule has 6 heteroatoms. The van der Waals surface area contributed by atoms with Gasteiger partial charge in [-0.05, 0) is 49.3 Å². The first-order chi connectivity index (χ1) is 10.4. The Morgan fingerprint density at radius 2 is 1.78 bits per heavy atom. The van der Waals surface area contributed by atoms with E-state index in [0.717, 1.165) is 19.3 Å². The highest BCUT2D eigenvalue weighted by atomic mass is 35.5. The summed E-state index contributed by atoms with van der Waals surface area (Å²) in [4.78, 5) is 0.428. The number of benzene rings is 1. The minimum atomic E-state index is -3.36. The zero-order valence-electron chi connectivity index (χ0n) is 13.9. The van der Waals surface area contributed by atoms with Gasteiger partial charge >= 0.3 is 0 Å². The zero-order chi connectivity index (χ0) is 15.7. The van der Waals surface area contributed by atoms with Crippen molar-refractivity contribution in [1.82, 2.24) is 9.62 Å². The third-order valence-corrected chi connectivity index (χ3v) is 6.57. The molecule has 0 radical (unpaired) electrons. The fourth-order valence-electron chi connectivity index (χ4n) is 3.55. The van der Waals surface area contributed by atoms with Crippen LogP contribution in [0.25, 0.3) is 0 Å². The molecule has 130 valence electrons. The van der Waals surface area contributed by atoms with Crippen LogP contribution in [0.5, 0.6) is 0 Å². The highest BCUT2D eigenvalue weighted by molar-refractivity contribution is 7.89. The van der Waals surface area contributed by atoms with Crippen LogP contribution in [0.3, 0.4) is 0 Å². The molecule has 0 amide bonds. The van der Waals surface area contributed by atoms with Crippen LogP contribution in [0, 0.1) is 5.92 Å². The minimum absolute atomic E-state index is 0. The number of rotatable bonds is 4. The Labute approximate surface area is 146 Å². The van der Waals surface area contributed by atoms with E-state index < -0.39 is 10.0 Å². The molecule has 4 nitrogen and oxygen atoms in total. The first-order valence-corrected chi connectivity index (χ1v) is 9.74. The number of halogens is 1. The van der Waals surface area contributed by atoms with Gasteiger partial charge in [0, 0.05) is 25.2 Å². The Morgan fingerprint density at radius 3 is 2.43 bits per heavy atom. The molecule has 3 rings (SSSR count). The summed E-state index contributed by atoms with van der Waals surface area (Å²) in [5.41, 5.74) is 1.20. The minimum Gasteiger partial charge on any atom is -0.310 e. The maximum atomic E-state index is 12.8. The van der Waals surface area contributed by atoms with Crippen LogP contribution in [-0.2, 0) is 16.4 Å². The largest absolute Gasteiger partial charge is 0.310 e. The van der Waals surface area contributed by atoms with Crippen LogP contribution >= 0.6 is 12.4 Å². The average Bonchev–Trinajstić information content (AvgIpc) is 2.77. The van der Waals surface area contributed by atoms with E-state index in [-0.39, 0.29) is 12.4 Å². The fraction of sp³-hybridized carbons (Fsp3) is 0.647. The van der Waals surface area contributed by atoms with Crippen LogP contribution in [0.4, 0.5) is 0 Å². The standard InChI is InChI=1S/C17H26N2O2S.ClH/c1-13(2)11-14-3-7-17(8-4-14)22(20,21)19-10-9-15-5-6-16(12-19)18-15;/h3-4,7-8,13,15-16,18H,5-6,9-12H2,1-2H3;1H. The smallest absolute Gasteiger partial charge is 0.243 e. The lowest BCUT2D eigenvalue weighted by atomic mass is 10.0. The molecule has 1 aromatic carbocycles. The van der Waals surface area contributed by atoms with E-state index >= 15 is 0 Å². The third-order valence-electron chi connectivity index (χ3n) is 4.69. The molecule has 2 aliphatic heterocycles. The highest BCUT2D eigenvalue weighted by Gasteiger charge is 2.34. The van der Waals surface area contributed by atoms with Crippen LogP contribution in [-0.4, -0.2) is 37.9 Å². The molecule has 0 saturated carbocycles. The van der Waals surface area contributed by atoms with Gasteiger partial charge in [-0.15, -0.1) is 12.4 Å². The predicted octanol–water partition coefficient (Wildman–Crippen LogP) is 2.82. The predicted molar refractivity (Wildman–Crippen MR) is 95.6 cm³/mol. The van der Waals surface area contributed by atoms with Gasteiger partial charge in [0.2, 0.25) is 10.0 Å². The van der Waals surface area contributed by atoms with Gasteiger partial charge in [0.1, 0.15) is 0 Å². The maximum absolute atomic E-state index is 12.8. The lowest BCUT2D eigenvalue weighted by Crippen LogP contribution is -2.39. The van der Waals surface area contributed by atoms with Crippen molar-refractivity contribution >= 4 is 22.4 Å². The van der Waals surface area contributed by atoms with Crippen molar-refractivity contribution in [3.8, 4) is 0 Å². The van der Waals surface area contributed by atoms with E-state index in [1.165, 1.54) is 12.0 Å². The monoisotopic (exact) mass is 358 g/mol. The van der Waals surface area contributed by atoms with Crippen molar-refractivity contribution in [1.29, 1.82) is 0 Å². The lowest BCUT2D eigenvalue weighted by molar-refractivity contribution is 0.383. The van der Waals surface area contributed by atoms with Crippen LogP contribution < -0.4 is 5.32 Å². The fourth-order valence-corrected chi connectivity index (χ4v) is 5.05. The Bertz CT molecular complexity index is 616. The topological polar surface area (TPSA) is 49.4 Å². The number of fused-ring (bicyclic) bond motifs is 2. The Morgan fingerprint density at radius 1 is 1.13 bits per heavy atom. The molecule has 1 N–H and O–H groups in total. The van der Waals surface area contributed by atoms with Gasteiger partial charge in [0.05, 0.1) is 4.90 Å². The van der Waals surface area contributed by atoms with E-state index in [0.29, 0.717) is 36.0 Å². The molecule has 0 aromatic heterocycles. The van der Waals surface area contributed by atoms with Crippen LogP contribution in [0.15, 0.2) is 29.2 Å². The molecular formula is C17H27ClN2O2S. The molecule has 2 fully saturated rings. The van der Waals surface area contributed by atoms with Gasteiger partial charge in [-0.1, -0.05) is 26.0 Å². The summed E-state index contributed by atoms with van der Waals surface area (Å²) in [6, 6.07) is 8.26. The van der Waals surface area contributed by atoms with Gasteiger partial charge in [-0.2, -0.15) is 4.31 Å². The molecule has 2 atom stereocenters. The molecule has 23 heavy (non-hydrogen) atoms. The van der Waals surface area contributed by atoms with E-state index in [4.69, 9.17) is 0 Å². The van der Waals surface area contributed by atoms with Gasteiger partial charge in [0.15, 0.2) is 0 Å². The molecule has 0 spiro atoms. The van der Waals surface area contributed by atoms with Crippen LogP contribution in [0.1, 0.15) is 38.7 Å². The average molecular weight is 359 g/mol. The second kappa shape index (κ2) is 7.51. The van der Waals surface area contributed by atoms with Crippen molar-refractivity contribution in [2.24, 2.45) is 5.92 Å². The van der Waals surface area contributed by atoms with Gasteiger partial charge in [0.25, 0.3) is 0 Å². The zero-order valence-corrected chi connectivity index (χ0v) is 15.5. The number of nitrogens with one attached hydrogen (secondary N) is 1. The highest BCUT2D eigenvalue weighted by Crippen LogP contribution is 2.25. The summed E-state index contributed by atoms with van der Waals surface area (Å²) >= 11 is 0. The number of nitrogens with zero attached hydrogens (tertiary/aromatic N) is 1. The first-order valence-electron chi connectivity index (χ1n) is 8.30. The van der Waals surface area contributed by atoms with Crippen molar-refractivity contribution in [2.75, 3.05) is 13.1 Å². The molecule has 2 aliphatic rings. The SMILES string of the molecule is CC(C)Cc1ccc(S(=O)(=O)N2CCC3CCC(C2)N3)cc1.Cl. The number of sulfonamides is 1. The Kier molecular flexibility index (Phi) is 6.11. The van der Waals surface area contributed by atoms with Crippen molar-refractivity contribution in [2.45, 2.75) is 56.5 Å². The molecule has 2 bridgehead atoms. The summed E-state index contributed by atoms with van der Waals surface area (Å²) in [7, 11) is -3.36. The molecule has 2 unspecified atom stereocenters. The third kappa shape index (κ3) is 4.27. The second-order valence-corrected chi connectivity index (χ2v) is 8.97. The van der Waals surface area contributed by atoms with E-state index in [9.17, 15) is 8.42 Å². The molecular weight excluding hydrogens is 332 g/mol. The Balaban J connectivity index is 0.00000192. The molecule has 0 aliphatic carbocycles. The molecule has 2 saturated heterocycles. The van der Waals surface area contributed by atoms with E-state index in [2.05, 4.69) is 19.2 Å². The number of hydrogen-bond acceptors (Lipinski definition) is 3. The summed E-state index contributed by atoms with van der Waals surface area (Å²) in [6.07, 6.45) is 4.17. The summed E-state index contributed by atoms with van der Waals surface area (Å²) in [5, 5.41) is 3.53. The van der Waals surface area contributed by atoms with Crippen molar-refractivity contribution in [3.63, 3.8) is 0 Å². The number of hydrogen-bond donors (Lipinski definition) is 1. The normalized spacial score (nSPS) is 25.2. The van der Waals surface area contributed by atoms with Gasteiger partial charge in [-0.3, -0.25) is 0 Å². The second-order valence-electron chi connectivity index (χ2n) is 7.03. The molecule has 2 heterocycles. The van der Waals surface area contributed by atoms with Crippen molar-refractivity contribution < 1.29 is 8.42 Å². The van der Waals surface area contributed by atoms with E-state index in [1.807, 2.05) is 12.1 Å². The van der Waals surface area contributed by atoms with Gasteiger partial charge < -0.3 is 5.32 Å². The lowest BCUT2D eigenvalue weighted by Gasteiger charge is -2.23. The quantitative estimate of drug-likeness (QED) is 0.900. The first kappa shape index (κ1) is 18.7. The summed E-state index contributed by atoms with van der Waals surface area (Å²) in [5.74, 6) is 0.578. The van der Waals surface area contributed by atoms with Crippen molar-refractivity contribution in [3.05, 3.63) is 29.8 Å². The molecule has 1 aromatic rings. The van der Waals surface area contributed by atoms with Crippen LogP contribution in [0.2, 0.25) is 0 Å². The summed E-state index contributed by atoms with van der Waals surface area (Å²) in [6.45, 7) is 5.57. The Hall–Kier alpha value is -0.620. The summed E-state index contributed by atoms with van der Waals surface area (Å²) < 4.78 is 27.4. The van der Waals surface area contributed by atoms with Gasteiger partial charge in [-0.25, -0.2) is 8.42 Å². The van der Waals surface area contributed by atoms with E-state index in [1.54, 1.807) is 16.4 Å².